The number of para-hydroxylation sites is 2. The SMILES string of the molecule is CC(C)(C)N([O-])c1nc2ccccc2[nH]1. The Kier molecular flexibility index (Phi) is 2.16. The van der Waals surface area contributed by atoms with E-state index in [9.17, 15) is 5.21 Å². The van der Waals surface area contributed by atoms with Crippen LogP contribution < -0.4 is 5.06 Å². The summed E-state index contributed by atoms with van der Waals surface area (Å²) in [6.45, 7) is 5.56. The molecule has 0 saturated carbocycles. The molecule has 0 unspecified atom stereocenters. The fourth-order valence-corrected chi connectivity index (χ4v) is 1.35. The summed E-state index contributed by atoms with van der Waals surface area (Å²) in [4.78, 5) is 7.24. The number of rotatable bonds is 1. The van der Waals surface area contributed by atoms with E-state index in [1.54, 1.807) is 0 Å². The fourth-order valence-electron chi connectivity index (χ4n) is 1.35. The molecule has 15 heavy (non-hydrogen) atoms. The van der Waals surface area contributed by atoms with Crippen molar-refractivity contribution >= 4 is 17.0 Å². The predicted octanol–water partition coefficient (Wildman–Crippen LogP) is 2.67. The number of H-pyrrole nitrogens is 1. The lowest BCUT2D eigenvalue weighted by Crippen LogP contribution is -2.37. The second-order valence-electron chi connectivity index (χ2n) is 4.54. The predicted molar refractivity (Wildman–Crippen MR) is 61.7 cm³/mol. The molecule has 1 heterocycles. The molecule has 0 radical (unpaired) electrons. The molecule has 0 atom stereocenters. The second kappa shape index (κ2) is 3.24. The van der Waals surface area contributed by atoms with E-state index < -0.39 is 5.54 Å². The number of aromatic amines is 1. The smallest absolute Gasteiger partial charge is 0.193 e. The normalized spacial score (nSPS) is 12.0. The number of hydrogen-bond donors (Lipinski definition) is 1. The van der Waals surface area contributed by atoms with Crippen molar-refractivity contribution in [2.75, 3.05) is 5.06 Å². The Morgan fingerprint density at radius 2 is 1.93 bits per heavy atom. The summed E-state index contributed by atoms with van der Waals surface area (Å²) >= 11 is 0. The number of imidazole rings is 1. The lowest BCUT2D eigenvalue weighted by Gasteiger charge is -2.40. The maximum atomic E-state index is 11.9. The monoisotopic (exact) mass is 204 g/mol. The fraction of sp³-hybridized carbons (Fsp3) is 0.364. The molecule has 4 heteroatoms. The van der Waals surface area contributed by atoms with Crippen molar-refractivity contribution in [2.45, 2.75) is 26.3 Å². The van der Waals surface area contributed by atoms with Crippen molar-refractivity contribution in [3.05, 3.63) is 29.5 Å². The number of fused-ring (bicyclic) bond motifs is 1. The molecule has 0 aliphatic carbocycles. The molecule has 0 aliphatic rings. The molecular weight excluding hydrogens is 190 g/mol. The first-order valence-corrected chi connectivity index (χ1v) is 4.90. The van der Waals surface area contributed by atoms with E-state index in [-0.39, 0.29) is 0 Å². The van der Waals surface area contributed by atoms with E-state index >= 15 is 0 Å². The molecule has 0 spiro atoms. The van der Waals surface area contributed by atoms with Gasteiger partial charge < -0.3 is 15.3 Å². The van der Waals surface area contributed by atoms with E-state index in [0.717, 1.165) is 16.1 Å². The zero-order chi connectivity index (χ0) is 11.1. The Morgan fingerprint density at radius 3 is 2.53 bits per heavy atom. The lowest BCUT2D eigenvalue weighted by molar-refractivity contribution is 0.548. The maximum absolute atomic E-state index is 11.9. The van der Waals surface area contributed by atoms with Crippen molar-refractivity contribution in [1.82, 2.24) is 9.97 Å². The van der Waals surface area contributed by atoms with Gasteiger partial charge in [-0.05, 0) is 32.9 Å². The van der Waals surface area contributed by atoms with Gasteiger partial charge in [-0.1, -0.05) is 12.1 Å². The zero-order valence-electron chi connectivity index (χ0n) is 9.11. The quantitative estimate of drug-likeness (QED) is 0.726. The van der Waals surface area contributed by atoms with Gasteiger partial charge in [-0.15, -0.1) is 0 Å². The third-order valence-corrected chi connectivity index (χ3v) is 2.18. The van der Waals surface area contributed by atoms with Gasteiger partial charge in [0.1, 0.15) is 0 Å². The van der Waals surface area contributed by atoms with Crippen LogP contribution in [-0.4, -0.2) is 15.5 Å². The summed E-state index contributed by atoms with van der Waals surface area (Å²) < 4.78 is 0. The van der Waals surface area contributed by atoms with Crippen LogP contribution >= 0.6 is 0 Å². The number of nitrogens with one attached hydrogen (secondary N) is 1. The van der Waals surface area contributed by atoms with Crippen LogP contribution in [0, 0.1) is 5.21 Å². The average Bonchev–Trinajstić information content (AvgIpc) is 2.58. The Morgan fingerprint density at radius 1 is 1.27 bits per heavy atom. The first-order chi connectivity index (χ1) is 6.98. The van der Waals surface area contributed by atoms with Gasteiger partial charge in [-0.3, -0.25) is 0 Å². The van der Waals surface area contributed by atoms with E-state index in [1.165, 1.54) is 0 Å². The summed E-state index contributed by atoms with van der Waals surface area (Å²) in [5.74, 6) is 0.365. The Balaban J connectivity index is 2.45. The third kappa shape index (κ3) is 1.80. The summed E-state index contributed by atoms with van der Waals surface area (Å²) in [5.41, 5.74) is 1.23. The third-order valence-electron chi connectivity index (χ3n) is 2.18. The highest BCUT2D eigenvalue weighted by Gasteiger charge is 2.15. The van der Waals surface area contributed by atoms with E-state index in [4.69, 9.17) is 0 Å². The van der Waals surface area contributed by atoms with E-state index in [0.29, 0.717) is 5.95 Å². The highest BCUT2D eigenvalue weighted by molar-refractivity contribution is 5.77. The van der Waals surface area contributed by atoms with Crippen LogP contribution in [0.4, 0.5) is 5.95 Å². The van der Waals surface area contributed by atoms with Gasteiger partial charge in [0, 0.05) is 5.54 Å². The van der Waals surface area contributed by atoms with Crippen LogP contribution in [0.15, 0.2) is 24.3 Å². The minimum Gasteiger partial charge on any atom is -0.756 e. The van der Waals surface area contributed by atoms with Crippen molar-refractivity contribution in [3.63, 3.8) is 0 Å². The second-order valence-corrected chi connectivity index (χ2v) is 4.54. The molecule has 0 aliphatic heterocycles. The van der Waals surface area contributed by atoms with Crippen molar-refractivity contribution in [2.24, 2.45) is 0 Å². The highest BCUT2D eigenvalue weighted by Crippen LogP contribution is 2.22. The number of hydrogen-bond acceptors (Lipinski definition) is 3. The minimum atomic E-state index is -0.478. The molecule has 4 nitrogen and oxygen atoms in total. The molecule has 0 fully saturated rings. The topological polar surface area (TPSA) is 55.0 Å². The Bertz CT molecular complexity index is 437. The molecule has 1 aromatic heterocycles. The zero-order valence-corrected chi connectivity index (χ0v) is 9.11. The average molecular weight is 204 g/mol. The van der Waals surface area contributed by atoms with Gasteiger partial charge in [0.05, 0.1) is 11.0 Å². The standard InChI is InChI=1S/C11H14N3O/c1-11(2,3)14(15)10-12-8-6-4-5-7-9(8)13-10/h4-7H,1-3H3,(H,12,13)/q-1. The molecule has 0 amide bonds. The minimum absolute atomic E-state index is 0.365. The number of aromatic nitrogens is 2. The van der Waals surface area contributed by atoms with Crippen LogP contribution in [0.1, 0.15) is 20.8 Å². The molecule has 2 rings (SSSR count). The van der Waals surface area contributed by atoms with E-state index in [1.807, 2.05) is 45.0 Å². The van der Waals surface area contributed by atoms with Crippen molar-refractivity contribution in [3.8, 4) is 0 Å². The van der Waals surface area contributed by atoms with Crippen molar-refractivity contribution < 1.29 is 0 Å². The van der Waals surface area contributed by atoms with Crippen molar-refractivity contribution in [1.29, 1.82) is 0 Å². The maximum Gasteiger partial charge on any atom is 0.193 e. The number of benzene rings is 1. The van der Waals surface area contributed by atoms with Gasteiger partial charge in [0.25, 0.3) is 0 Å². The Hall–Kier alpha value is -1.55. The van der Waals surface area contributed by atoms with Gasteiger partial charge in [0.15, 0.2) is 5.95 Å². The van der Waals surface area contributed by atoms with Gasteiger partial charge in [-0.2, -0.15) is 0 Å². The van der Waals surface area contributed by atoms with Crippen LogP contribution in [0.25, 0.3) is 11.0 Å². The number of anilines is 1. The summed E-state index contributed by atoms with van der Waals surface area (Å²) in [7, 11) is 0. The Labute approximate surface area is 88.5 Å². The summed E-state index contributed by atoms with van der Waals surface area (Å²) in [6.07, 6.45) is 0. The highest BCUT2D eigenvalue weighted by atomic mass is 16.5. The molecule has 1 aromatic carbocycles. The molecule has 1 N–H and O–H groups in total. The van der Waals surface area contributed by atoms with Crippen LogP contribution in [0.2, 0.25) is 0 Å². The molecule has 2 aromatic rings. The first kappa shape index (κ1) is 9.98. The molecule has 0 bridgehead atoms. The number of nitrogens with zero attached hydrogens (tertiary/aromatic N) is 2. The van der Waals surface area contributed by atoms with Crippen LogP contribution in [0.5, 0.6) is 0 Å². The largest absolute Gasteiger partial charge is 0.756 e. The van der Waals surface area contributed by atoms with E-state index in [2.05, 4.69) is 9.97 Å². The number of hydroxylamine groups is 1. The van der Waals surface area contributed by atoms with Crippen LogP contribution in [-0.2, 0) is 0 Å². The van der Waals surface area contributed by atoms with Gasteiger partial charge in [0.2, 0.25) is 0 Å². The van der Waals surface area contributed by atoms with Gasteiger partial charge in [-0.25, -0.2) is 4.98 Å². The molecular formula is C11H14N3O-. The van der Waals surface area contributed by atoms with Crippen LogP contribution in [0.3, 0.4) is 0 Å². The molecule has 0 saturated heterocycles. The summed E-state index contributed by atoms with van der Waals surface area (Å²) in [6, 6.07) is 7.60. The lowest BCUT2D eigenvalue weighted by atomic mass is 10.1. The van der Waals surface area contributed by atoms with Gasteiger partial charge >= 0.3 is 0 Å². The molecule has 80 valence electrons. The first-order valence-electron chi connectivity index (χ1n) is 4.90. The summed E-state index contributed by atoms with van der Waals surface area (Å²) in [5, 5.41) is 12.8.